The first-order valence-corrected chi connectivity index (χ1v) is 10.1. The van der Waals surface area contributed by atoms with Crippen LogP contribution in [0.15, 0.2) is 47.0 Å². The SMILES string of the molecule is CCc1ccc2c(n1)oc1c(-c3cc(CC(C)(C)C)cc[n+]3C)c(C)ccc12. The molecule has 0 aliphatic rings. The summed E-state index contributed by atoms with van der Waals surface area (Å²) >= 11 is 0. The van der Waals surface area contributed by atoms with Crippen LogP contribution in [0.5, 0.6) is 0 Å². The number of benzene rings is 1. The van der Waals surface area contributed by atoms with Gasteiger partial charge < -0.3 is 4.42 Å². The zero-order valence-electron chi connectivity index (χ0n) is 17.8. The van der Waals surface area contributed by atoms with Crippen LogP contribution in [-0.2, 0) is 19.9 Å². The highest BCUT2D eigenvalue weighted by Crippen LogP contribution is 2.36. The van der Waals surface area contributed by atoms with Crippen LogP contribution < -0.4 is 4.57 Å². The third-order valence-corrected chi connectivity index (χ3v) is 5.34. The molecule has 1 aromatic carbocycles. The molecule has 4 rings (SSSR count). The summed E-state index contributed by atoms with van der Waals surface area (Å²) in [6.07, 6.45) is 4.10. The maximum absolute atomic E-state index is 6.33. The summed E-state index contributed by atoms with van der Waals surface area (Å²) in [6, 6.07) is 13.1. The largest absolute Gasteiger partial charge is 0.437 e. The fourth-order valence-electron chi connectivity index (χ4n) is 3.96. The van der Waals surface area contributed by atoms with Gasteiger partial charge in [0.25, 0.3) is 0 Å². The van der Waals surface area contributed by atoms with Crippen LogP contribution in [0.3, 0.4) is 0 Å². The Bertz CT molecular complexity index is 1180. The molecule has 0 saturated heterocycles. The molecule has 0 aliphatic heterocycles. The highest BCUT2D eigenvalue weighted by atomic mass is 16.3. The minimum atomic E-state index is 0.248. The van der Waals surface area contributed by atoms with Crippen molar-refractivity contribution in [2.45, 2.75) is 47.5 Å². The van der Waals surface area contributed by atoms with Gasteiger partial charge in [0, 0.05) is 28.6 Å². The van der Waals surface area contributed by atoms with Crippen molar-refractivity contribution < 1.29 is 8.98 Å². The summed E-state index contributed by atoms with van der Waals surface area (Å²) < 4.78 is 8.52. The van der Waals surface area contributed by atoms with E-state index in [9.17, 15) is 0 Å². The van der Waals surface area contributed by atoms with Gasteiger partial charge >= 0.3 is 0 Å². The number of pyridine rings is 2. The van der Waals surface area contributed by atoms with Crippen molar-refractivity contribution in [3.05, 3.63) is 59.4 Å². The summed E-state index contributed by atoms with van der Waals surface area (Å²) in [5.41, 5.74) is 7.87. The molecule has 0 radical (unpaired) electrons. The highest BCUT2D eigenvalue weighted by Gasteiger charge is 2.22. The third kappa shape index (κ3) is 3.30. The summed E-state index contributed by atoms with van der Waals surface area (Å²) in [4.78, 5) is 4.71. The van der Waals surface area contributed by atoms with Crippen molar-refractivity contribution >= 4 is 22.1 Å². The van der Waals surface area contributed by atoms with E-state index in [1.807, 2.05) is 0 Å². The van der Waals surface area contributed by atoms with E-state index >= 15 is 0 Å². The van der Waals surface area contributed by atoms with E-state index < -0.39 is 0 Å². The van der Waals surface area contributed by atoms with Gasteiger partial charge in [-0.1, -0.05) is 39.8 Å². The summed E-state index contributed by atoms with van der Waals surface area (Å²) in [5, 5.41) is 2.22. The van der Waals surface area contributed by atoms with Gasteiger partial charge in [0.15, 0.2) is 11.8 Å². The van der Waals surface area contributed by atoms with Gasteiger partial charge in [-0.3, -0.25) is 0 Å². The van der Waals surface area contributed by atoms with E-state index in [-0.39, 0.29) is 5.41 Å². The average Bonchev–Trinajstić information content (AvgIpc) is 2.99. The Balaban J connectivity index is 1.98. The lowest BCUT2D eigenvalue weighted by atomic mass is 9.88. The molecule has 0 fully saturated rings. The lowest BCUT2D eigenvalue weighted by molar-refractivity contribution is -0.660. The first-order chi connectivity index (χ1) is 13.3. The number of fused-ring (bicyclic) bond motifs is 3. The van der Waals surface area contributed by atoms with E-state index in [2.05, 4.69) is 88.8 Å². The number of hydrogen-bond acceptors (Lipinski definition) is 2. The maximum atomic E-state index is 6.33. The van der Waals surface area contributed by atoms with Crippen molar-refractivity contribution in [1.29, 1.82) is 0 Å². The van der Waals surface area contributed by atoms with Crippen LogP contribution in [0, 0.1) is 12.3 Å². The molecule has 0 atom stereocenters. The van der Waals surface area contributed by atoms with Crippen LogP contribution in [0.2, 0.25) is 0 Å². The first-order valence-electron chi connectivity index (χ1n) is 10.1. The minimum Gasteiger partial charge on any atom is -0.437 e. The van der Waals surface area contributed by atoms with E-state index in [4.69, 9.17) is 9.40 Å². The summed E-state index contributed by atoms with van der Waals surface area (Å²) in [7, 11) is 2.10. The standard InChI is InChI=1S/C25H29N2O/c1-7-18-9-11-20-19-10-8-16(2)22(23(19)28-24(20)26-18)21-14-17(12-13-27(21)6)15-25(3,4)5/h8-14H,7,15H2,1-6H3/q+1. The van der Waals surface area contributed by atoms with Gasteiger partial charge in [0.1, 0.15) is 7.05 Å². The Morgan fingerprint density at radius 3 is 2.50 bits per heavy atom. The number of aromatic nitrogens is 2. The number of furan rings is 1. The van der Waals surface area contributed by atoms with Gasteiger partial charge in [-0.15, -0.1) is 0 Å². The van der Waals surface area contributed by atoms with E-state index in [0.717, 1.165) is 46.2 Å². The molecule has 4 aromatic rings. The normalized spacial score (nSPS) is 12.2. The van der Waals surface area contributed by atoms with Crippen LogP contribution >= 0.6 is 0 Å². The van der Waals surface area contributed by atoms with Crippen LogP contribution in [-0.4, -0.2) is 4.98 Å². The monoisotopic (exact) mass is 373 g/mol. The molecule has 144 valence electrons. The number of hydrogen-bond donors (Lipinski definition) is 0. The van der Waals surface area contributed by atoms with Gasteiger partial charge in [-0.05, 0) is 48.4 Å². The molecule has 0 amide bonds. The van der Waals surface area contributed by atoms with Gasteiger partial charge in [-0.2, -0.15) is 0 Å². The molecule has 3 heterocycles. The third-order valence-electron chi connectivity index (χ3n) is 5.34. The predicted octanol–water partition coefficient (Wildman–Crippen LogP) is 5.93. The second-order valence-electron chi connectivity index (χ2n) is 9.01. The average molecular weight is 374 g/mol. The fraction of sp³-hybridized carbons (Fsp3) is 0.360. The van der Waals surface area contributed by atoms with Gasteiger partial charge in [0.05, 0.1) is 5.56 Å². The van der Waals surface area contributed by atoms with Crippen molar-refractivity contribution in [3.8, 4) is 11.3 Å². The Morgan fingerprint density at radius 2 is 1.79 bits per heavy atom. The van der Waals surface area contributed by atoms with Gasteiger partial charge in [-0.25, -0.2) is 9.55 Å². The summed E-state index contributed by atoms with van der Waals surface area (Å²) in [5.74, 6) is 0. The molecule has 0 unspecified atom stereocenters. The Labute approximate surface area is 167 Å². The highest BCUT2D eigenvalue weighted by molar-refractivity contribution is 6.08. The molecule has 3 aromatic heterocycles. The molecule has 0 spiro atoms. The minimum absolute atomic E-state index is 0.248. The first kappa shape index (κ1) is 18.7. The van der Waals surface area contributed by atoms with Gasteiger partial charge in [0.2, 0.25) is 11.4 Å². The molecule has 0 saturated carbocycles. The van der Waals surface area contributed by atoms with Crippen LogP contribution in [0.4, 0.5) is 0 Å². The molecular weight excluding hydrogens is 344 g/mol. The molecule has 0 aliphatic carbocycles. The molecule has 0 N–H and O–H groups in total. The zero-order valence-corrected chi connectivity index (χ0v) is 17.8. The predicted molar refractivity (Wildman–Crippen MR) is 115 cm³/mol. The van der Waals surface area contributed by atoms with E-state index in [0.29, 0.717) is 0 Å². The van der Waals surface area contributed by atoms with Crippen LogP contribution in [0.25, 0.3) is 33.3 Å². The molecule has 0 bridgehead atoms. The molecule has 3 nitrogen and oxygen atoms in total. The van der Waals surface area contributed by atoms with E-state index in [1.54, 1.807) is 0 Å². The zero-order chi connectivity index (χ0) is 20.1. The topological polar surface area (TPSA) is 29.9 Å². The van der Waals surface area contributed by atoms with Crippen molar-refractivity contribution in [2.24, 2.45) is 12.5 Å². The number of nitrogens with zero attached hydrogens (tertiary/aromatic N) is 2. The lowest BCUT2D eigenvalue weighted by Gasteiger charge is -2.18. The lowest BCUT2D eigenvalue weighted by Crippen LogP contribution is -2.31. The smallest absolute Gasteiger partial charge is 0.227 e. The quantitative estimate of drug-likeness (QED) is 0.416. The van der Waals surface area contributed by atoms with Crippen LogP contribution in [0.1, 0.15) is 44.5 Å². The fourth-order valence-corrected chi connectivity index (χ4v) is 3.96. The maximum Gasteiger partial charge on any atom is 0.227 e. The molecule has 28 heavy (non-hydrogen) atoms. The van der Waals surface area contributed by atoms with Crippen molar-refractivity contribution in [1.82, 2.24) is 4.98 Å². The number of aryl methyl sites for hydroxylation is 3. The van der Waals surface area contributed by atoms with E-state index in [1.165, 1.54) is 16.8 Å². The second kappa shape index (κ2) is 6.73. The Morgan fingerprint density at radius 1 is 1.04 bits per heavy atom. The Kier molecular flexibility index (Phi) is 4.49. The Hall–Kier alpha value is -2.68. The molecular formula is C25H29N2O+. The molecule has 3 heteroatoms. The second-order valence-corrected chi connectivity index (χ2v) is 9.01. The van der Waals surface area contributed by atoms with Crippen molar-refractivity contribution in [2.75, 3.05) is 0 Å². The number of rotatable bonds is 3. The van der Waals surface area contributed by atoms with Crippen molar-refractivity contribution in [3.63, 3.8) is 0 Å². The summed E-state index contributed by atoms with van der Waals surface area (Å²) in [6.45, 7) is 11.1.